The number of carbonyl (C=O) groups is 1. The molecule has 0 aromatic rings. The van der Waals surface area contributed by atoms with Crippen LogP contribution in [-0.2, 0) is 4.74 Å². The highest BCUT2D eigenvalue weighted by molar-refractivity contribution is 5.69. The van der Waals surface area contributed by atoms with Crippen molar-refractivity contribution in [2.45, 2.75) is 64.6 Å². The minimum absolute atomic E-state index is 0.237. The Morgan fingerprint density at radius 3 is 2.26 bits per heavy atom. The molecule has 0 radical (unpaired) electrons. The summed E-state index contributed by atoms with van der Waals surface area (Å²) in [7, 11) is 0. The maximum absolute atomic E-state index is 11.8. The fourth-order valence-corrected chi connectivity index (χ4v) is 3.06. The second-order valence-electron chi connectivity index (χ2n) is 7.03. The molecule has 0 aromatic heterocycles. The SMILES string of the molecule is CC(C)(C)OC(=O)N1CC(C(O)C2CCCCC2)C1. The van der Waals surface area contributed by atoms with Crippen molar-refractivity contribution in [2.75, 3.05) is 13.1 Å². The number of aliphatic hydroxyl groups is 1. The first-order valence-electron chi connectivity index (χ1n) is 7.53. The predicted molar refractivity (Wildman–Crippen MR) is 73.9 cm³/mol. The predicted octanol–water partition coefficient (Wildman–Crippen LogP) is 2.79. The average molecular weight is 269 g/mol. The summed E-state index contributed by atoms with van der Waals surface area (Å²) in [5.41, 5.74) is -0.440. The highest BCUT2D eigenvalue weighted by Crippen LogP contribution is 2.33. The molecular weight excluding hydrogens is 242 g/mol. The first kappa shape index (κ1) is 14.6. The van der Waals surface area contributed by atoms with Gasteiger partial charge in [0.15, 0.2) is 0 Å². The molecule has 0 spiro atoms. The molecule has 2 aliphatic rings. The molecule has 4 nitrogen and oxygen atoms in total. The fourth-order valence-electron chi connectivity index (χ4n) is 3.06. The van der Waals surface area contributed by atoms with E-state index >= 15 is 0 Å². The lowest BCUT2D eigenvalue weighted by Gasteiger charge is -2.44. The molecule has 19 heavy (non-hydrogen) atoms. The molecule has 1 aliphatic heterocycles. The van der Waals surface area contributed by atoms with Crippen molar-refractivity contribution in [3.05, 3.63) is 0 Å². The Labute approximate surface area is 116 Å². The molecule has 1 atom stereocenters. The first-order valence-corrected chi connectivity index (χ1v) is 7.53. The van der Waals surface area contributed by atoms with Gasteiger partial charge in [0.2, 0.25) is 0 Å². The summed E-state index contributed by atoms with van der Waals surface area (Å²) in [4.78, 5) is 13.5. The summed E-state index contributed by atoms with van der Waals surface area (Å²) >= 11 is 0. The van der Waals surface area contributed by atoms with Crippen LogP contribution in [0, 0.1) is 11.8 Å². The van der Waals surface area contributed by atoms with E-state index in [1.54, 1.807) is 4.90 Å². The maximum atomic E-state index is 11.8. The average Bonchev–Trinajstić information content (AvgIpc) is 2.25. The molecule has 1 heterocycles. The summed E-state index contributed by atoms with van der Waals surface area (Å²) in [5, 5.41) is 10.3. The van der Waals surface area contributed by atoms with Gasteiger partial charge in [-0.15, -0.1) is 0 Å². The Bertz CT molecular complexity index is 312. The van der Waals surface area contributed by atoms with E-state index in [1.165, 1.54) is 19.3 Å². The van der Waals surface area contributed by atoms with Crippen LogP contribution in [0.3, 0.4) is 0 Å². The van der Waals surface area contributed by atoms with Crippen molar-refractivity contribution in [1.29, 1.82) is 0 Å². The molecule has 1 N–H and O–H groups in total. The molecule has 0 aromatic carbocycles. The fraction of sp³-hybridized carbons (Fsp3) is 0.933. The number of ether oxygens (including phenoxy) is 1. The molecule has 1 aliphatic carbocycles. The molecule has 4 heteroatoms. The molecule has 1 unspecified atom stereocenters. The van der Waals surface area contributed by atoms with Gasteiger partial charge < -0.3 is 14.7 Å². The van der Waals surface area contributed by atoms with Crippen molar-refractivity contribution in [3.63, 3.8) is 0 Å². The Morgan fingerprint density at radius 2 is 1.74 bits per heavy atom. The van der Waals surface area contributed by atoms with Gasteiger partial charge in [0.1, 0.15) is 5.60 Å². The summed E-state index contributed by atoms with van der Waals surface area (Å²) in [6, 6.07) is 0. The monoisotopic (exact) mass is 269 g/mol. The minimum atomic E-state index is -0.440. The second kappa shape index (κ2) is 5.70. The number of carbonyl (C=O) groups excluding carboxylic acids is 1. The number of amides is 1. The van der Waals surface area contributed by atoms with Gasteiger partial charge in [-0.05, 0) is 39.5 Å². The van der Waals surface area contributed by atoms with Crippen molar-refractivity contribution >= 4 is 6.09 Å². The van der Waals surface area contributed by atoms with Gasteiger partial charge in [0.05, 0.1) is 6.10 Å². The van der Waals surface area contributed by atoms with Crippen LogP contribution >= 0.6 is 0 Å². The topological polar surface area (TPSA) is 49.8 Å². The van der Waals surface area contributed by atoms with Crippen molar-refractivity contribution < 1.29 is 14.6 Å². The van der Waals surface area contributed by atoms with E-state index in [9.17, 15) is 9.90 Å². The van der Waals surface area contributed by atoms with Crippen LogP contribution in [0.15, 0.2) is 0 Å². The van der Waals surface area contributed by atoms with E-state index < -0.39 is 5.60 Å². The van der Waals surface area contributed by atoms with Crippen LogP contribution in [-0.4, -0.2) is 40.9 Å². The molecule has 2 rings (SSSR count). The molecule has 1 amide bonds. The van der Waals surface area contributed by atoms with Gasteiger partial charge >= 0.3 is 6.09 Å². The zero-order valence-corrected chi connectivity index (χ0v) is 12.4. The zero-order chi connectivity index (χ0) is 14.0. The number of aliphatic hydroxyl groups excluding tert-OH is 1. The highest BCUT2D eigenvalue weighted by Gasteiger charge is 2.40. The molecular formula is C15H27NO3. The number of nitrogens with zero attached hydrogens (tertiary/aromatic N) is 1. The number of rotatable bonds is 2. The molecule has 1 saturated heterocycles. The Hall–Kier alpha value is -0.770. The quantitative estimate of drug-likeness (QED) is 0.838. The molecule has 1 saturated carbocycles. The van der Waals surface area contributed by atoms with Crippen LogP contribution < -0.4 is 0 Å². The van der Waals surface area contributed by atoms with E-state index in [1.807, 2.05) is 20.8 Å². The van der Waals surface area contributed by atoms with Crippen LogP contribution in [0.4, 0.5) is 4.79 Å². The highest BCUT2D eigenvalue weighted by atomic mass is 16.6. The van der Waals surface area contributed by atoms with Crippen molar-refractivity contribution in [1.82, 2.24) is 4.90 Å². The lowest BCUT2D eigenvalue weighted by Crippen LogP contribution is -2.56. The number of hydrogen-bond acceptors (Lipinski definition) is 3. The Kier molecular flexibility index (Phi) is 4.39. The standard InChI is InChI=1S/C15H27NO3/c1-15(2,3)19-14(18)16-9-12(10-16)13(17)11-7-5-4-6-8-11/h11-13,17H,4-10H2,1-3H3. The minimum Gasteiger partial charge on any atom is -0.444 e. The van der Waals surface area contributed by atoms with Gasteiger partial charge in [-0.2, -0.15) is 0 Å². The Balaban J connectivity index is 1.74. The van der Waals surface area contributed by atoms with E-state index in [0.717, 1.165) is 12.8 Å². The van der Waals surface area contributed by atoms with Gasteiger partial charge in [-0.25, -0.2) is 4.79 Å². The van der Waals surface area contributed by atoms with Gasteiger partial charge in [0, 0.05) is 19.0 Å². The van der Waals surface area contributed by atoms with Crippen LogP contribution in [0.1, 0.15) is 52.9 Å². The van der Waals surface area contributed by atoms with Gasteiger partial charge in [-0.3, -0.25) is 0 Å². The van der Waals surface area contributed by atoms with Crippen LogP contribution in [0.25, 0.3) is 0 Å². The van der Waals surface area contributed by atoms with E-state index in [4.69, 9.17) is 4.74 Å². The van der Waals surface area contributed by atoms with Crippen molar-refractivity contribution in [3.8, 4) is 0 Å². The maximum Gasteiger partial charge on any atom is 0.410 e. The third-order valence-electron chi connectivity index (χ3n) is 4.18. The molecule has 2 fully saturated rings. The number of likely N-dealkylation sites (tertiary alicyclic amines) is 1. The van der Waals surface area contributed by atoms with Crippen LogP contribution in [0.5, 0.6) is 0 Å². The van der Waals surface area contributed by atoms with Gasteiger partial charge in [0.25, 0.3) is 0 Å². The second-order valence-corrected chi connectivity index (χ2v) is 7.03. The molecule has 0 bridgehead atoms. The first-order chi connectivity index (χ1) is 8.87. The summed E-state index contributed by atoms with van der Waals surface area (Å²) in [6.07, 6.45) is 5.58. The normalized spacial score (nSPS) is 23.9. The third-order valence-corrected chi connectivity index (χ3v) is 4.18. The Morgan fingerprint density at radius 1 is 1.16 bits per heavy atom. The zero-order valence-electron chi connectivity index (χ0n) is 12.4. The smallest absolute Gasteiger partial charge is 0.410 e. The van der Waals surface area contributed by atoms with Crippen LogP contribution in [0.2, 0.25) is 0 Å². The van der Waals surface area contributed by atoms with Gasteiger partial charge in [-0.1, -0.05) is 19.3 Å². The lowest BCUT2D eigenvalue weighted by molar-refractivity contribution is -0.0522. The lowest BCUT2D eigenvalue weighted by atomic mass is 9.78. The van der Waals surface area contributed by atoms with Crippen molar-refractivity contribution in [2.24, 2.45) is 11.8 Å². The summed E-state index contributed by atoms with van der Waals surface area (Å²) < 4.78 is 5.32. The van der Waals surface area contributed by atoms with E-state index in [0.29, 0.717) is 19.0 Å². The summed E-state index contributed by atoms with van der Waals surface area (Å²) in [6.45, 7) is 6.91. The molecule has 110 valence electrons. The third kappa shape index (κ3) is 3.85. The number of hydrogen-bond donors (Lipinski definition) is 1. The largest absolute Gasteiger partial charge is 0.444 e. The van der Waals surface area contributed by atoms with E-state index in [2.05, 4.69) is 0 Å². The van der Waals surface area contributed by atoms with E-state index in [-0.39, 0.29) is 18.1 Å². The summed E-state index contributed by atoms with van der Waals surface area (Å²) in [5.74, 6) is 0.690.